The van der Waals surface area contributed by atoms with E-state index in [0.717, 1.165) is 62.7 Å². The fourth-order valence-corrected chi connectivity index (χ4v) is 4.27. The van der Waals surface area contributed by atoms with Gasteiger partial charge in [-0.1, -0.05) is 19.3 Å². The zero-order chi connectivity index (χ0) is 15.6. The fourth-order valence-electron chi connectivity index (χ4n) is 3.41. The normalized spacial score (nSPS) is 21.9. The lowest BCUT2D eigenvalue weighted by Gasteiger charge is -2.37. The molecule has 122 valence electrons. The highest BCUT2D eigenvalue weighted by Gasteiger charge is 2.34. The Balaban J connectivity index is 1.51. The first-order valence-corrected chi connectivity index (χ1v) is 9.11. The molecule has 1 aliphatic heterocycles. The second kappa shape index (κ2) is 6.54. The van der Waals surface area contributed by atoms with Crippen molar-refractivity contribution in [2.45, 2.75) is 51.0 Å². The zero-order valence-electron chi connectivity index (χ0n) is 13.3. The summed E-state index contributed by atoms with van der Waals surface area (Å²) in [6.45, 7) is 5.12. The molecule has 22 heavy (non-hydrogen) atoms. The summed E-state index contributed by atoms with van der Waals surface area (Å²) in [6, 6.07) is 0. The highest BCUT2D eigenvalue weighted by Crippen LogP contribution is 2.31. The van der Waals surface area contributed by atoms with Crippen molar-refractivity contribution in [3.8, 4) is 0 Å². The molecular weight excluding hydrogens is 298 g/mol. The summed E-state index contributed by atoms with van der Waals surface area (Å²) in [5.41, 5.74) is 0.303. The average molecular weight is 323 g/mol. The number of anilines is 1. The van der Waals surface area contributed by atoms with Gasteiger partial charge in [0.05, 0.1) is 17.7 Å². The zero-order valence-corrected chi connectivity index (χ0v) is 14.1. The maximum absolute atomic E-state index is 12.5. The van der Waals surface area contributed by atoms with Crippen LogP contribution in [0.25, 0.3) is 0 Å². The van der Waals surface area contributed by atoms with Crippen molar-refractivity contribution in [1.29, 1.82) is 0 Å². The lowest BCUT2D eigenvalue weighted by atomic mass is 9.82. The molecule has 1 amide bonds. The number of piperazine rings is 1. The van der Waals surface area contributed by atoms with Crippen molar-refractivity contribution < 1.29 is 9.90 Å². The van der Waals surface area contributed by atoms with E-state index >= 15 is 0 Å². The number of aliphatic hydroxyl groups is 1. The van der Waals surface area contributed by atoms with E-state index in [1.807, 2.05) is 11.8 Å². The number of hydrogen-bond donors (Lipinski definition) is 1. The fraction of sp³-hybridized carbons (Fsp3) is 0.750. The van der Waals surface area contributed by atoms with Gasteiger partial charge in [0.15, 0.2) is 5.13 Å². The first kappa shape index (κ1) is 15.7. The summed E-state index contributed by atoms with van der Waals surface area (Å²) in [6.07, 6.45) is 5.11. The maximum atomic E-state index is 12.5. The van der Waals surface area contributed by atoms with E-state index in [2.05, 4.69) is 15.3 Å². The third-order valence-corrected chi connectivity index (χ3v) is 5.79. The standard InChI is InChI=1S/C16H25N3O2S/c1-13-12-22-15(17-13)19-9-7-18(8-10-19)14(20)11-16(21)5-3-2-4-6-16/h12,21H,2-11H2,1H3. The Labute approximate surface area is 135 Å². The molecule has 0 atom stereocenters. The molecule has 6 heteroatoms. The van der Waals surface area contributed by atoms with Gasteiger partial charge in [0.2, 0.25) is 5.91 Å². The van der Waals surface area contributed by atoms with Crippen LogP contribution >= 0.6 is 11.3 Å². The molecule has 0 bridgehead atoms. The molecular formula is C16H25N3O2S. The van der Waals surface area contributed by atoms with E-state index in [0.29, 0.717) is 6.42 Å². The van der Waals surface area contributed by atoms with Crippen LogP contribution in [0.3, 0.4) is 0 Å². The molecule has 0 unspecified atom stereocenters. The summed E-state index contributed by atoms with van der Waals surface area (Å²) in [4.78, 5) is 21.1. The van der Waals surface area contributed by atoms with Crippen molar-refractivity contribution in [3.05, 3.63) is 11.1 Å². The molecule has 1 aliphatic carbocycles. The van der Waals surface area contributed by atoms with E-state index in [4.69, 9.17) is 0 Å². The van der Waals surface area contributed by atoms with Crippen molar-refractivity contribution in [2.75, 3.05) is 31.1 Å². The number of aryl methyl sites for hydroxylation is 1. The number of amides is 1. The second-order valence-corrected chi connectivity index (χ2v) is 7.44. The van der Waals surface area contributed by atoms with Gasteiger partial charge < -0.3 is 14.9 Å². The van der Waals surface area contributed by atoms with Crippen molar-refractivity contribution in [3.63, 3.8) is 0 Å². The third-order valence-electron chi connectivity index (χ3n) is 4.77. The predicted molar refractivity (Wildman–Crippen MR) is 88.3 cm³/mol. The number of rotatable bonds is 3. The van der Waals surface area contributed by atoms with Gasteiger partial charge in [0.25, 0.3) is 0 Å². The Kier molecular flexibility index (Phi) is 4.68. The lowest BCUT2D eigenvalue weighted by molar-refractivity contribution is -0.138. The van der Waals surface area contributed by atoms with Gasteiger partial charge >= 0.3 is 0 Å². The summed E-state index contributed by atoms with van der Waals surface area (Å²) in [5, 5.41) is 13.7. The van der Waals surface area contributed by atoms with Gasteiger partial charge in [-0.05, 0) is 19.8 Å². The summed E-state index contributed by atoms with van der Waals surface area (Å²) in [7, 11) is 0. The van der Waals surface area contributed by atoms with Gasteiger partial charge in [-0.15, -0.1) is 11.3 Å². The Morgan fingerprint density at radius 3 is 2.55 bits per heavy atom. The van der Waals surface area contributed by atoms with Gasteiger partial charge in [-0.25, -0.2) is 4.98 Å². The van der Waals surface area contributed by atoms with Crippen LogP contribution in [0.2, 0.25) is 0 Å². The van der Waals surface area contributed by atoms with Crippen molar-refractivity contribution in [1.82, 2.24) is 9.88 Å². The smallest absolute Gasteiger partial charge is 0.225 e. The van der Waals surface area contributed by atoms with Crippen molar-refractivity contribution in [2.24, 2.45) is 0 Å². The Hall–Kier alpha value is -1.14. The molecule has 2 aliphatic rings. The summed E-state index contributed by atoms with van der Waals surface area (Å²) >= 11 is 1.66. The molecule has 0 radical (unpaired) electrons. The molecule has 1 saturated carbocycles. The van der Waals surface area contributed by atoms with Crippen LogP contribution < -0.4 is 4.90 Å². The first-order valence-electron chi connectivity index (χ1n) is 8.23. The third kappa shape index (κ3) is 3.60. The number of carbonyl (C=O) groups is 1. The topological polar surface area (TPSA) is 56.7 Å². The number of thiazole rings is 1. The predicted octanol–water partition coefficient (Wildman–Crippen LogP) is 2.19. The number of carbonyl (C=O) groups excluding carboxylic acids is 1. The minimum atomic E-state index is -0.751. The van der Waals surface area contributed by atoms with Crippen molar-refractivity contribution >= 4 is 22.4 Å². The second-order valence-electron chi connectivity index (χ2n) is 6.60. The molecule has 2 heterocycles. The van der Waals surface area contributed by atoms with Crippen LogP contribution in [-0.4, -0.2) is 52.7 Å². The lowest BCUT2D eigenvalue weighted by Crippen LogP contribution is -2.50. The Bertz CT molecular complexity index is 517. The highest BCUT2D eigenvalue weighted by atomic mass is 32.1. The number of nitrogens with zero attached hydrogens (tertiary/aromatic N) is 3. The van der Waals surface area contributed by atoms with Gasteiger partial charge in [-0.2, -0.15) is 0 Å². The van der Waals surface area contributed by atoms with Gasteiger partial charge in [0, 0.05) is 31.6 Å². The molecule has 0 spiro atoms. The van der Waals surface area contributed by atoms with E-state index in [1.54, 1.807) is 11.3 Å². The maximum Gasteiger partial charge on any atom is 0.225 e. The molecule has 2 fully saturated rings. The Morgan fingerprint density at radius 1 is 1.27 bits per heavy atom. The highest BCUT2D eigenvalue weighted by molar-refractivity contribution is 7.13. The van der Waals surface area contributed by atoms with Gasteiger partial charge in [-0.3, -0.25) is 4.79 Å². The summed E-state index contributed by atoms with van der Waals surface area (Å²) < 4.78 is 0. The monoisotopic (exact) mass is 323 g/mol. The van der Waals surface area contributed by atoms with E-state index in [9.17, 15) is 9.90 Å². The van der Waals surface area contributed by atoms with E-state index in [-0.39, 0.29) is 5.91 Å². The molecule has 1 aromatic heterocycles. The number of hydrogen-bond acceptors (Lipinski definition) is 5. The van der Waals surface area contributed by atoms with Crippen LogP contribution in [-0.2, 0) is 4.79 Å². The molecule has 3 rings (SSSR count). The minimum absolute atomic E-state index is 0.111. The van der Waals surface area contributed by atoms with E-state index < -0.39 is 5.60 Å². The van der Waals surface area contributed by atoms with Crippen LogP contribution in [0.5, 0.6) is 0 Å². The molecule has 5 nitrogen and oxygen atoms in total. The van der Waals surface area contributed by atoms with Crippen LogP contribution in [0.15, 0.2) is 5.38 Å². The van der Waals surface area contributed by atoms with Crippen LogP contribution in [0, 0.1) is 6.92 Å². The number of aromatic nitrogens is 1. The van der Waals surface area contributed by atoms with E-state index in [1.165, 1.54) is 6.42 Å². The molecule has 0 aromatic carbocycles. The quantitative estimate of drug-likeness (QED) is 0.926. The first-order chi connectivity index (χ1) is 10.6. The SMILES string of the molecule is Cc1csc(N2CCN(C(=O)CC3(O)CCCCC3)CC2)n1. The molecule has 1 saturated heterocycles. The average Bonchev–Trinajstić information content (AvgIpc) is 2.94. The summed E-state index contributed by atoms with van der Waals surface area (Å²) in [5.74, 6) is 0.111. The minimum Gasteiger partial charge on any atom is -0.389 e. The Morgan fingerprint density at radius 2 is 1.95 bits per heavy atom. The van der Waals surface area contributed by atoms with Gasteiger partial charge in [0.1, 0.15) is 0 Å². The molecule has 1 N–H and O–H groups in total. The van der Waals surface area contributed by atoms with Crippen LogP contribution in [0.4, 0.5) is 5.13 Å². The molecule has 1 aromatic rings. The largest absolute Gasteiger partial charge is 0.389 e. The van der Waals surface area contributed by atoms with Crippen LogP contribution in [0.1, 0.15) is 44.2 Å².